The zero-order valence-corrected chi connectivity index (χ0v) is 17.8. The van der Waals surface area contributed by atoms with Crippen LogP contribution < -0.4 is 9.47 Å². The Morgan fingerprint density at radius 1 is 1.13 bits per heavy atom. The van der Waals surface area contributed by atoms with Gasteiger partial charge < -0.3 is 19.1 Å². The number of rotatable bonds is 5. The number of halogens is 1. The Hall–Kier alpha value is -3.06. The number of nitrogens with zero attached hydrogens (tertiary/aromatic N) is 1. The van der Waals surface area contributed by atoms with Crippen LogP contribution in [0.3, 0.4) is 0 Å². The van der Waals surface area contributed by atoms with Crippen molar-refractivity contribution in [3.05, 3.63) is 58.6 Å². The van der Waals surface area contributed by atoms with Gasteiger partial charge in [0.05, 0.1) is 5.56 Å². The number of carbonyl (C=O) groups is 3. The first kappa shape index (κ1) is 21.2. The summed E-state index contributed by atoms with van der Waals surface area (Å²) in [5, 5.41) is 0.426. The summed E-state index contributed by atoms with van der Waals surface area (Å²) in [6, 6.07) is 11.7. The van der Waals surface area contributed by atoms with Gasteiger partial charge in [-0.25, -0.2) is 4.79 Å². The molecule has 2 aromatic rings. The van der Waals surface area contributed by atoms with Crippen LogP contribution in [0.5, 0.6) is 11.5 Å². The van der Waals surface area contributed by atoms with E-state index in [0.717, 1.165) is 12.8 Å². The van der Waals surface area contributed by atoms with Crippen LogP contribution in [0, 0.1) is 0 Å². The van der Waals surface area contributed by atoms with Crippen molar-refractivity contribution in [2.75, 3.05) is 20.4 Å². The highest BCUT2D eigenvalue weighted by Gasteiger charge is 2.48. The summed E-state index contributed by atoms with van der Waals surface area (Å²) in [6.07, 6.45) is 2.38. The Morgan fingerprint density at radius 2 is 1.90 bits per heavy atom. The molecule has 7 nitrogen and oxygen atoms in total. The van der Waals surface area contributed by atoms with Crippen LogP contribution in [0.2, 0.25) is 5.02 Å². The highest BCUT2D eigenvalue weighted by atomic mass is 35.5. The number of carbonyl (C=O) groups excluding carboxylic acids is 3. The van der Waals surface area contributed by atoms with Gasteiger partial charge >= 0.3 is 5.97 Å². The fraction of sp³-hybridized carbons (Fsp3) is 0.348. The lowest BCUT2D eigenvalue weighted by atomic mass is 9.74. The fourth-order valence-electron chi connectivity index (χ4n) is 4.17. The molecule has 0 radical (unpaired) electrons. The Morgan fingerprint density at radius 3 is 2.68 bits per heavy atom. The summed E-state index contributed by atoms with van der Waals surface area (Å²) in [7, 11) is 1.56. The predicted molar refractivity (Wildman–Crippen MR) is 112 cm³/mol. The molecule has 2 aliphatic rings. The number of Topliss-reactive ketones (excluding diaryl/α,β-unsaturated/α-hetero) is 1. The molecule has 1 saturated carbocycles. The van der Waals surface area contributed by atoms with E-state index in [1.165, 1.54) is 11.0 Å². The molecule has 1 aliphatic carbocycles. The molecule has 0 N–H and O–H groups in total. The summed E-state index contributed by atoms with van der Waals surface area (Å²) in [6.45, 7) is -0.404. The number of benzene rings is 2. The van der Waals surface area contributed by atoms with Crippen LogP contribution in [0.15, 0.2) is 42.5 Å². The first-order valence-corrected chi connectivity index (χ1v) is 10.4. The molecule has 0 aromatic heterocycles. The average Bonchev–Trinajstić information content (AvgIpc) is 3.25. The number of hydrogen-bond acceptors (Lipinski definition) is 6. The Balaban J connectivity index is 1.52. The molecule has 8 heteroatoms. The number of ether oxygens (including phenoxy) is 3. The van der Waals surface area contributed by atoms with Crippen molar-refractivity contribution in [3.63, 3.8) is 0 Å². The molecule has 0 saturated heterocycles. The van der Waals surface area contributed by atoms with E-state index >= 15 is 0 Å². The van der Waals surface area contributed by atoms with Gasteiger partial charge in [0.25, 0.3) is 5.91 Å². The van der Waals surface area contributed by atoms with Crippen LogP contribution in [0.1, 0.15) is 41.6 Å². The van der Waals surface area contributed by atoms with Crippen molar-refractivity contribution in [2.45, 2.75) is 31.2 Å². The molecule has 31 heavy (non-hydrogen) atoms. The summed E-state index contributed by atoms with van der Waals surface area (Å²) in [5.74, 6) is -0.218. The first-order chi connectivity index (χ1) is 14.9. The molecular formula is C23H22ClNO6. The second-order valence-electron chi connectivity index (χ2n) is 7.57. The van der Waals surface area contributed by atoms with Gasteiger partial charge in [-0.15, -0.1) is 0 Å². The lowest BCUT2D eigenvalue weighted by molar-refractivity contribution is -0.150. The van der Waals surface area contributed by atoms with Gasteiger partial charge in [0.2, 0.25) is 6.79 Å². The number of esters is 1. The van der Waals surface area contributed by atoms with Crippen LogP contribution in [0.4, 0.5) is 0 Å². The number of likely N-dealkylation sites (N-methyl/N-ethyl adjacent to an activating group) is 1. The second kappa shape index (κ2) is 8.59. The smallest absolute Gasteiger partial charge is 0.338 e. The Bertz CT molecular complexity index is 1040. The summed E-state index contributed by atoms with van der Waals surface area (Å²) in [5.41, 5.74) is -0.327. The topological polar surface area (TPSA) is 82.1 Å². The van der Waals surface area contributed by atoms with E-state index in [1.54, 1.807) is 43.4 Å². The van der Waals surface area contributed by atoms with Gasteiger partial charge in [0.15, 0.2) is 23.9 Å². The van der Waals surface area contributed by atoms with Gasteiger partial charge in [0.1, 0.15) is 5.54 Å². The molecule has 162 valence electrons. The third kappa shape index (κ3) is 3.85. The lowest BCUT2D eigenvalue weighted by Crippen LogP contribution is -2.55. The monoisotopic (exact) mass is 443 g/mol. The maximum Gasteiger partial charge on any atom is 0.338 e. The van der Waals surface area contributed by atoms with E-state index in [2.05, 4.69) is 0 Å². The van der Waals surface area contributed by atoms with Crippen LogP contribution in [-0.2, 0) is 19.9 Å². The van der Waals surface area contributed by atoms with Crippen LogP contribution >= 0.6 is 11.6 Å². The second-order valence-corrected chi connectivity index (χ2v) is 7.97. The SMILES string of the molecule is CN(C(=O)COC(=O)c1ccc2c(c1)OCO2)[C@]1(c2ccccc2Cl)CCCCC1=O. The standard InChI is InChI=1S/C23H22ClNO6/c1-25(23(11-5-4-8-20(23)26)16-6-2-3-7-17(16)24)21(27)13-29-22(28)15-9-10-18-19(12-15)31-14-30-18/h2-3,6-7,9-10,12H,4-5,8,11,13-14H2,1H3/t23-/m0/s1. The Kier molecular flexibility index (Phi) is 5.87. The van der Waals surface area contributed by atoms with E-state index < -0.39 is 24.0 Å². The van der Waals surface area contributed by atoms with Gasteiger partial charge in [-0.3, -0.25) is 9.59 Å². The molecule has 0 bridgehead atoms. The van der Waals surface area contributed by atoms with Crippen molar-refractivity contribution in [1.29, 1.82) is 0 Å². The highest BCUT2D eigenvalue weighted by molar-refractivity contribution is 6.31. The van der Waals surface area contributed by atoms with Crippen LogP contribution in [0.25, 0.3) is 0 Å². The molecule has 1 amide bonds. The van der Waals surface area contributed by atoms with Crippen molar-refractivity contribution < 1.29 is 28.6 Å². The van der Waals surface area contributed by atoms with Crippen LogP contribution in [-0.4, -0.2) is 43.0 Å². The van der Waals surface area contributed by atoms with Crippen molar-refractivity contribution >= 4 is 29.3 Å². The average molecular weight is 444 g/mol. The molecular weight excluding hydrogens is 422 g/mol. The number of fused-ring (bicyclic) bond motifs is 1. The third-order valence-corrected chi connectivity index (χ3v) is 6.18. The van der Waals surface area contributed by atoms with Gasteiger partial charge in [-0.1, -0.05) is 29.8 Å². The minimum Gasteiger partial charge on any atom is -0.454 e. The van der Waals surface area contributed by atoms with Gasteiger partial charge in [-0.05, 0) is 43.5 Å². The fourth-order valence-corrected chi connectivity index (χ4v) is 4.47. The zero-order chi connectivity index (χ0) is 22.0. The van der Waals surface area contributed by atoms with Crippen molar-refractivity contribution in [1.82, 2.24) is 4.90 Å². The third-order valence-electron chi connectivity index (χ3n) is 5.85. The summed E-state index contributed by atoms with van der Waals surface area (Å²) >= 11 is 6.42. The number of ketones is 1. The molecule has 1 heterocycles. The van der Waals surface area contributed by atoms with Crippen molar-refractivity contribution in [3.8, 4) is 11.5 Å². The van der Waals surface area contributed by atoms with E-state index in [0.29, 0.717) is 34.9 Å². The molecule has 0 unspecified atom stereocenters. The zero-order valence-electron chi connectivity index (χ0n) is 17.1. The van der Waals surface area contributed by atoms with Crippen molar-refractivity contribution in [2.24, 2.45) is 0 Å². The van der Waals surface area contributed by atoms with Gasteiger partial charge in [-0.2, -0.15) is 0 Å². The maximum atomic E-state index is 13.1. The molecule has 4 rings (SSSR count). The maximum absolute atomic E-state index is 13.1. The molecule has 1 aliphatic heterocycles. The normalized spacial score (nSPS) is 19.7. The number of amides is 1. The lowest BCUT2D eigenvalue weighted by Gasteiger charge is -2.43. The molecule has 0 spiro atoms. The largest absolute Gasteiger partial charge is 0.454 e. The van der Waals surface area contributed by atoms with Gasteiger partial charge in [0, 0.05) is 24.1 Å². The number of hydrogen-bond donors (Lipinski definition) is 0. The minimum absolute atomic E-state index is 0.0650. The molecule has 1 atom stereocenters. The van der Waals surface area contributed by atoms with E-state index in [1.807, 2.05) is 0 Å². The minimum atomic E-state index is -1.17. The Labute approximate surface area is 184 Å². The summed E-state index contributed by atoms with van der Waals surface area (Å²) < 4.78 is 15.7. The molecule has 2 aromatic carbocycles. The predicted octanol–water partition coefficient (Wildman–Crippen LogP) is 3.72. The van der Waals surface area contributed by atoms with E-state index in [9.17, 15) is 14.4 Å². The quantitative estimate of drug-likeness (QED) is 0.655. The molecule has 1 fully saturated rings. The van der Waals surface area contributed by atoms with E-state index in [4.69, 9.17) is 25.8 Å². The van der Waals surface area contributed by atoms with E-state index in [-0.39, 0.29) is 18.1 Å². The summed E-state index contributed by atoms with van der Waals surface area (Å²) in [4.78, 5) is 39.9. The first-order valence-electron chi connectivity index (χ1n) is 10.1. The highest BCUT2D eigenvalue weighted by Crippen LogP contribution is 2.42.